The molecule has 124 valence electrons. The molecule has 1 atom stereocenters. The fourth-order valence-electron chi connectivity index (χ4n) is 3.58. The van der Waals surface area contributed by atoms with Crippen molar-refractivity contribution in [3.63, 3.8) is 0 Å². The van der Waals surface area contributed by atoms with Gasteiger partial charge in [-0.2, -0.15) is 0 Å². The third-order valence-corrected chi connectivity index (χ3v) is 4.91. The number of aromatic nitrogens is 3. The Bertz CT molecular complexity index is 890. The number of aromatic amines is 1. The van der Waals surface area contributed by atoms with Gasteiger partial charge in [-0.1, -0.05) is 19.1 Å². The Hall–Kier alpha value is -2.47. The first-order valence-electron chi connectivity index (χ1n) is 8.21. The highest BCUT2D eigenvalue weighted by Gasteiger charge is 2.37. The number of benzene rings is 1. The summed E-state index contributed by atoms with van der Waals surface area (Å²) in [7, 11) is 0. The predicted octanol–water partition coefficient (Wildman–Crippen LogP) is 2.72. The van der Waals surface area contributed by atoms with Gasteiger partial charge in [0.15, 0.2) is 0 Å². The number of hydrogen-bond acceptors (Lipinski definition) is 4. The third kappa shape index (κ3) is 2.34. The Kier molecular flexibility index (Phi) is 3.49. The van der Waals surface area contributed by atoms with Crippen LogP contribution < -0.4 is 10.6 Å². The SMILES string of the molecule is CCc1c[nH]c2ncnc(N3CCC(N)(c4cccc(F)c4)C3)c12. The minimum absolute atomic E-state index is 0.251. The maximum absolute atomic E-state index is 13.6. The van der Waals surface area contributed by atoms with Crippen molar-refractivity contribution in [2.45, 2.75) is 25.3 Å². The van der Waals surface area contributed by atoms with E-state index < -0.39 is 5.54 Å². The summed E-state index contributed by atoms with van der Waals surface area (Å²) >= 11 is 0. The van der Waals surface area contributed by atoms with Gasteiger partial charge in [0.25, 0.3) is 0 Å². The summed E-state index contributed by atoms with van der Waals surface area (Å²) in [6.45, 7) is 3.51. The van der Waals surface area contributed by atoms with Crippen LogP contribution in [0, 0.1) is 5.82 Å². The number of halogens is 1. The van der Waals surface area contributed by atoms with E-state index in [4.69, 9.17) is 5.73 Å². The summed E-state index contributed by atoms with van der Waals surface area (Å²) in [6.07, 6.45) is 5.23. The number of fused-ring (bicyclic) bond motifs is 1. The second-order valence-corrected chi connectivity index (χ2v) is 6.43. The van der Waals surface area contributed by atoms with Crippen molar-refractivity contribution in [1.29, 1.82) is 0 Å². The molecule has 1 unspecified atom stereocenters. The molecule has 0 saturated carbocycles. The maximum atomic E-state index is 13.6. The highest BCUT2D eigenvalue weighted by Crippen LogP contribution is 2.35. The molecule has 0 radical (unpaired) electrons. The number of anilines is 1. The van der Waals surface area contributed by atoms with Crippen LogP contribution in [0.25, 0.3) is 11.0 Å². The Morgan fingerprint density at radius 3 is 3.04 bits per heavy atom. The summed E-state index contributed by atoms with van der Waals surface area (Å²) in [5, 5.41) is 1.06. The minimum atomic E-state index is -0.567. The van der Waals surface area contributed by atoms with Crippen LogP contribution in [0.5, 0.6) is 0 Å². The van der Waals surface area contributed by atoms with Gasteiger partial charge in [0.1, 0.15) is 23.6 Å². The van der Waals surface area contributed by atoms with Crippen molar-refractivity contribution < 1.29 is 4.39 Å². The molecule has 0 aliphatic carbocycles. The van der Waals surface area contributed by atoms with E-state index in [0.29, 0.717) is 6.54 Å². The van der Waals surface area contributed by atoms with E-state index in [1.807, 2.05) is 12.3 Å². The van der Waals surface area contributed by atoms with Gasteiger partial charge in [-0.25, -0.2) is 14.4 Å². The standard InChI is InChI=1S/C18H20FN5/c1-2-12-9-21-16-15(12)17(23-11-22-16)24-7-6-18(20,10-24)13-4-3-5-14(19)8-13/h3-5,8-9,11H,2,6-7,10,20H2,1H3,(H,21,22,23). The van der Waals surface area contributed by atoms with Crippen LogP contribution in [0.15, 0.2) is 36.8 Å². The third-order valence-electron chi connectivity index (χ3n) is 4.91. The quantitative estimate of drug-likeness (QED) is 0.777. The summed E-state index contributed by atoms with van der Waals surface area (Å²) in [5.74, 6) is 0.654. The second kappa shape index (κ2) is 5.56. The van der Waals surface area contributed by atoms with Crippen LogP contribution in [0.3, 0.4) is 0 Å². The van der Waals surface area contributed by atoms with E-state index in [1.165, 1.54) is 17.7 Å². The molecule has 2 aromatic heterocycles. The number of aryl methyl sites for hydroxylation is 1. The molecule has 5 nitrogen and oxygen atoms in total. The van der Waals surface area contributed by atoms with Gasteiger partial charge >= 0.3 is 0 Å². The largest absolute Gasteiger partial charge is 0.354 e. The number of H-pyrrole nitrogens is 1. The minimum Gasteiger partial charge on any atom is -0.354 e. The van der Waals surface area contributed by atoms with Crippen molar-refractivity contribution in [2.24, 2.45) is 5.73 Å². The molecule has 24 heavy (non-hydrogen) atoms. The van der Waals surface area contributed by atoms with Crippen molar-refractivity contribution in [1.82, 2.24) is 15.0 Å². The van der Waals surface area contributed by atoms with Gasteiger partial charge in [0.2, 0.25) is 0 Å². The smallest absolute Gasteiger partial charge is 0.143 e. The zero-order chi connectivity index (χ0) is 16.7. The van der Waals surface area contributed by atoms with E-state index in [2.05, 4.69) is 26.8 Å². The van der Waals surface area contributed by atoms with Gasteiger partial charge in [-0.3, -0.25) is 0 Å². The molecule has 0 bridgehead atoms. The maximum Gasteiger partial charge on any atom is 0.143 e. The Balaban J connectivity index is 1.72. The summed E-state index contributed by atoms with van der Waals surface area (Å²) in [4.78, 5) is 14.2. The van der Waals surface area contributed by atoms with Gasteiger partial charge in [-0.05, 0) is 36.1 Å². The number of rotatable bonds is 3. The van der Waals surface area contributed by atoms with Gasteiger partial charge < -0.3 is 15.6 Å². The van der Waals surface area contributed by atoms with Crippen LogP contribution in [-0.2, 0) is 12.0 Å². The molecule has 1 aliphatic heterocycles. The molecular formula is C18H20FN5. The predicted molar refractivity (Wildman–Crippen MR) is 92.4 cm³/mol. The molecule has 3 aromatic rings. The molecule has 0 spiro atoms. The number of nitrogens with two attached hydrogens (primary N) is 1. The van der Waals surface area contributed by atoms with E-state index in [-0.39, 0.29) is 5.82 Å². The van der Waals surface area contributed by atoms with Crippen LogP contribution in [0.2, 0.25) is 0 Å². The average molecular weight is 325 g/mol. The number of nitrogens with one attached hydrogen (secondary N) is 1. The summed E-state index contributed by atoms with van der Waals surface area (Å²) in [5.41, 5.74) is 8.91. The topological polar surface area (TPSA) is 70.8 Å². The molecule has 0 amide bonds. The van der Waals surface area contributed by atoms with Crippen molar-refractivity contribution in [2.75, 3.05) is 18.0 Å². The van der Waals surface area contributed by atoms with Crippen LogP contribution in [0.4, 0.5) is 10.2 Å². The highest BCUT2D eigenvalue weighted by molar-refractivity contribution is 5.91. The van der Waals surface area contributed by atoms with Crippen molar-refractivity contribution >= 4 is 16.9 Å². The second-order valence-electron chi connectivity index (χ2n) is 6.43. The first-order valence-corrected chi connectivity index (χ1v) is 8.21. The molecule has 1 aliphatic rings. The van der Waals surface area contributed by atoms with E-state index in [1.54, 1.807) is 12.4 Å². The molecular weight excluding hydrogens is 305 g/mol. The van der Waals surface area contributed by atoms with E-state index >= 15 is 0 Å². The lowest BCUT2D eigenvalue weighted by atomic mass is 9.90. The van der Waals surface area contributed by atoms with Gasteiger partial charge in [-0.15, -0.1) is 0 Å². The lowest BCUT2D eigenvalue weighted by Gasteiger charge is -2.26. The molecule has 1 fully saturated rings. The molecule has 6 heteroatoms. The molecule has 1 saturated heterocycles. The van der Waals surface area contributed by atoms with Crippen molar-refractivity contribution in [3.05, 3.63) is 53.7 Å². The molecule has 3 N–H and O–H groups in total. The van der Waals surface area contributed by atoms with Crippen LogP contribution in [0.1, 0.15) is 24.5 Å². The average Bonchev–Trinajstić information content (AvgIpc) is 3.19. The fourth-order valence-corrected chi connectivity index (χ4v) is 3.58. The van der Waals surface area contributed by atoms with Crippen molar-refractivity contribution in [3.8, 4) is 0 Å². The fraction of sp³-hybridized carbons (Fsp3) is 0.333. The zero-order valence-electron chi connectivity index (χ0n) is 13.6. The number of nitrogens with zero attached hydrogens (tertiary/aromatic N) is 3. The first-order chi connectivity index (χ1) is 11.6. The van der Waals surface area contributed by atoms with E-state index in [9.17, 15) is 4.39 Å². The number of hydrogen-bond donors (Lipinski definition) is 2. The zero-order valence-corrected chi connectivity index (χ0v) is 13.6. The van der Waals surface area contributed by atoms with Gasteiger partial charge in [0.05, 0.1) is 10.9 Å². The summed E-state index contributed by atoms with van der Waals surface area (Å²) in [6, 6.07) is 6.59. The molecule has 4 rings (SSSR count). The Labute approximate surface area is 139 Å². The van der Waals surface area contributed by atoms with Crippen LogP contribution in [-0.4, -0.2) is 28.0 Å². The highest BCUT2D eigenvalue weighted by atomic mass is 19.1. The van der Waals surface area contributed by atoms with Gasteiger partial charge in [0, 0.05) is 19.3 Å². The summed E-state index contributed by atoms with van der Waals surface area (Å²) < 4.78 is 13.6. The Morgan fingerprint density at radius 1 is 1.38 bits per heavy atom. The van der Waals surface area contributed by atoms with Crippen LogP contribution >= 0.6 is 0 Å². The normalized spacial score (nSPS) is 20.9. The monoisotopic (exact) mass is 325 g/mol. The lowest BCUT2D eigenvalue weighted by molar-refractivity contribution is 0.494. The van der Waals surface area contributed by atoms with E-state index in [0.717, 1.165) is 41.8 Å². The lowest BCUT2D eigenvalue weighted by Crippen LogP contribution is -2.40. The molecule has 1 aromatic carbocycles. The Morgan fingerprint density at radius 2 is 2.25 bits per heavy atom. The first kappa shape index (κ1) is 15.1. The molecule has 3 heterocycles.